The lowest BCUT2D eigenvalue weighted by atomic mass is 9.70. The quantitative estimate of drug-likeness (QED) is 0.783. The Kier molecular flexibility index (Phi) is 4.62. The average molecular weight is 254 g/mol. The molecule has 1 saturated heterocycles. The van der Waals surface area contributed by atoms with Crippen LogP contribution in [0.5, 0.6) is 0 Å². The van der Waals surface area contributed by atoms with Crippen LogP contribution < -0.4 is 10.6 Å². The monoisotopic (exact) mass is 254 g/mol. The van der Waals surface area contributed by atoms with Crippen molar-refractivity contribution in [2.75, 3.05) is 13.7 Å². The number of hydrogen-bond acceptors (Lipinski definition) is 3. The van der Waals surface area contributed by atoms with Crippen molar-refractivity contribution in [2.45, 2.75) is 69.6 Å². The van der Waals surface area contributed by atoms with Crippen LogP contribution in [0.4, 0.5) is 0 Å². The SMILES string of the molecule is COC(C)CCC(=O)NC1CCNC2(CCC2)C1. The van der Waals surface area contributed by atoms with Crippen LogP contribution in [0.3, 0.4) is 0 Å². The molecular formula is C14H26N2O2. The lowest BCUT2D eigenvalue weighted by Crippen LogP contribution is -2.59. The maximum Gasteiger partial charge on any atom is 0.220 e. The number of carbonyl (C=O) groups excluding carboxylic acids is 1. The van der Waals surface area contributed by atoms with E-state index in [4.69, 9.17) is 4.74 Å². The number of nitrogens with one attached hydrogen (secondary N) is 2. The molecule has 18 heavy (non-hydrogen) atoms. The molecule has 104 valence electrons. The summed E-state index contributed by atoms with van der Waals surface area (Å²) in [5.41, 5.74) is 0.357. The third kappa shape index (κ3) is 3.45. The Morgan fingerprint density at radius 2 is 2.33 bits per heavy atom. The number of carbonyl (C=O) groups is 1. The zero-order valence-corrected chi connectivity index (χ0v) is 11.6. The van der Waals surface area contributed by atoms with Crippen molar-refractivity contribution < 1.29 is 9.53 Å². The van der Waals surface area contributed by atoms with E-state index >= 15 is 0 Å². The Labute approximate surface area is 110 Å². The largest absolute Gasteiger partial charge is 0.382 e. The van der Waals surface area contributed by atoms with E-state index in [-0.39, 0.29) is 12.0 Å². The Morgan fingerprint density at radius 3 is 2.94 bits per heavy atom. The molecule has 1 heterocycles. The molecule has 4 nitrogen and oxygen atoms in total. The highest BCUT2D eigenvalue weighted by molar-refractivity contribution is 5.76. The van der Waals surface area contributed by atoms with Crippen LogP contribution in [0, 0.1) is 0 Å². The van der Waals surface area contributed by atoms with Gasteiger partial charge in [0.15, 0.2) is 0 Å². The minimum Gasteiger partial charge on any atom is -0.382 e. The summed E-state index contributed by atoms with van der Waals surface area (Å²) in [4.78, 5) is 11.9. The molecule has 2 aliphatic rings. The number of amides is 1. The van der Waals surface area contributed by atoms with E-state index in [1.54, 1.807) is 7.11 Å². The fourth-order valence-corrected chi connectivity index (χ4v) is 3.02. The van der Waals surface area contributed by atoms with E-state index in [1.807, 2.05) is 6.92 Å². The molecule has 0 aromatic rings. The molecule has 0 aromatic carbocycles. The number of rotatable bonds is 5. The first-order valence-electron chi connectivity index (χ1n) is 7.21. The van der Waals surface area contributed by atoms with Crippen LogP contribution >= 0.6 is 0 Å². The first-order chi connectivity index (χ1) is 8.63. The first kappa shape index (κ1) is 13.8. The first-order valence-corrected chi connectivity index (χ1v) is 7.21. The summed E-state index contributed by atoms with van der Waals surface area (Å²) in [6.45, 7) is 3.04. The number of methoxy groups -OCH3 is 1. The highest BCUT2D eigenvalue weighted by atomic mass is 16.5. The van der Waals surface area contributed by atoms with Gasteiger partial charge < -0.3 is 15.4 Å². The molecule has 2 rings (SSSR count). The number of piperidine rings is 1. The second-order valence-electron chi connectivity index (χ2n) is 5.90. The predicted molar refractivity (Wildman–Crippen MR) is 71.5 cm³/mol. The van der Waals surface area contributed by atoms with Crippen LogP contribution in [0.15, 0.2) is 0 Å². The predicted octanol–water partition coefficient (Wildman–Crippen LogP) is 1.59. The Balaban J connectivity index is 1.70. The van der Waals surface area contributed by atoms with Gasteiger partial charge in [-0.2, -0.15) is 0 Å². The van der Waals surface area contributed by atoms with E-state index in [0.29, 0.717) is 18.0 Å². The molecule has 1 aliphatic carbocycles. The zero-order valence-electron chi connectivity index (χ0n) is 11.6. The summed E-state index contributed by atoms with van der Waals surface area (Å²) in [5, 5.41) is 6.81. The van der Waals surface area contributed by atoms with E-state index < -0.39 is 0 Å². The molecule has 1 spiro atoms. The van der Waals surface area contributed by atoms with Crippen LogP contribution in [0.1, 0.15) is 51.9 Å². The van der Waals surface area contributed by atoms with Gasteiger partial charge in [0.1, 0.15) is 0 Å². The maximum atomic E-state index is 11.9. The smallest absolute Gasteiger partial charge is 0.220 e. The topological polar surface area (TPSA) is 50.4 Å². The van der Waals surface area contributed by atoms with Gasteiger partial charge in [0.25, 0.3) is 0 Å². The van der Waals surface area contributed by atoms with Gasteiger partial charge in [0, 0.05) is 25.1 Å². The summed E-state index contributed by atoms with van der Waals surface area (Å²) in [6.07, 6.45) is 7.61. The maximum absolute atomic E-state index is 11.9. The normalized spacial score (nSPS) is 27.6. The third-order valence-corrected chi connectivity index (χ3v) is 4.49. The number of ether oxygens (including phenoxy) is 1. The third-order valence-electron chi connectivity index (χ3n) is 4.49. The molecule has 2 atom stereocenters. The van der Waals surface area contributed by atoms with Crippen molar-refractivity contribution in [2.24, 2.45) is 0 Å². The zero-order chi connectivity index (χ0) is 13.0. The molecule has 2 fully saturated rings. The standard InChI is InChI=1S/C14H26N2O2/c1-11(18-2)4-5-13(17)16-12-6-9-15-14(10-12)7-3-8-14/h11-12,15H,3-10H2,1-2H3,(H,16,17). The molecule has 1 saturated carbocycles. The molecular weight excluding hydrogens is 228 g/mol. The summed E-state index contributed by atoms with van der Waals surface area (Å²) in [6, 6.07) is 0.372. The van der Waals surface area contributed by atoms with Gasteiger partial charge in [-0.1, -0.05) is 0 Å². The molecule has 1 aliphatic heterocycles. The molecule has 1 amide bonds. The highest BCUT2D eigenvalue weighted by Gasteiger charge is 2.41. The van der Waals surface area contributed by atoms with E-state index in [0.717, 1.165) is 25.8 Å². The van der Waals surface area contributed by atoms with Crippen molar-refractivity contribution in [1.29, 1.82) is 0 Å². The van der Waals surface area contributed by atoms with Gasteiger partial charge >= 0.3 is 0 Å². The Morgan fingerprint density at radius 1 is 1.56 bits per heavy atom. The van der Waals surface area contributed by atoms with E-state index in [2.05, 4.69) is 10.6 Å². The van der Waals surface area contributed by atoms with Crippen molar-refractivity contribution in [1.82, 2.24) is 10.6 Å². The van der Waals surface area contributed by atoms with E-state index in [1.165, 1.54) is 19.3 Å². The van der Waals surface area contributed by atoms with Crippen LogP contribution in [-0.4, -0.2) is 37.2 Å². The van der Waals surface area contributed by atoms with Gasteiger partial charge in [-0.25, -0.2) is 0 Å². The van der Waals surface area contributed by atoms with Crippen molar-refractivity contribution in [3.05, 3.63) is 0 Å². The molecule has 2 unspecified atom stereocenters. The molecule has 0 radical (unpaired) electrons. The van der Waals surface area contributed by atoms with Gasteiger partial charge in [-0.15, -0.1) is 0 Å². The summed E-state index contributed by atoms with van der Waals surface area (Å²) < 4.78 is 5.16. The van der Waals surface area contributed by atoms with Crippen molar-refractivity contribution in [3.8, 4) is 0 Å². The van der Waals surface area contributed by atoms with Gasteiger partial charge in [-0.05, 0) is 52.0 Å². The summed E-state index contributed by atoms with van der Waals surface area (Å²) >= 11 is 0. The second-order valence-corrected chi connectivity index (χ2v) is 5.90. The van der Waals surface area contributed by atoms with E-state index in [9.17, 15) is 4.79 Å². The lowest BCUT2D eigenvalue weighted by Gasteiger charge is -2.48. The summed E-state index contributed by atoms with van der Waals surface area (Å²) in [5.74, 6) is 0.181. The molecule has 4 heteroatoms. The van der Waals surface area contributed by atoms with Gasteiger partial charge in [0.2, 0.25) is 5.91 Å². The minimum absolute atomic E-state index is 0.168. The fourth-order valence-electron chi connectivity index (χ4n) is 3.02. The summed E-state index contributed by atoms with van der Waals surface area (Å²) in [7, 11) is 1.69. The fraction of sp³-hybridized carbons (Fsp3) is 0.929. The van der Waals surface area contributed by atoms with Crippen molar-refractivity contribution >= 4 is 5.91 Å². The Bertz CT molecular complexity index is 290. The number of hydrogen-bond donors (Lipinski definition) is 2. The minimum atomic E-state index is 0.168. The molecule has 2 N–H and O–H groups in total. The van der Waals surface area contributed by atoms with Gasteiger partial charge in [0.05, 0.1) is 6.10 Å². The average Bonchev–Trinajstić information content (AvgIpc) is 2.34. The Hall–Kier alpha value is -0.610. The van der Waals surface area contributed by atoms with Crippen LogP contribution in [0.25, 0.3) is 0 Å². The van der Waals surface area contributed by atoms with Crippen LogP contribution in [-0.2, 0) is 9.53 Å². The van der Waals surface area contributed by atoms with Crippen molar-refractivity contribution in [3.63, 3.8) is 0 Å². The second kappa shape index (κ2) is 6.02. The lowest BCUT2D eigenvalue weighted by molar-refractivity contribution is -0.122. The highest BCUT2D eigenvalue weighted by Crippen LogP contribution is 2.38. The van der Waals surface area contributed by atoms with Gasteiger partial charge in [-0.3, -0.25) is 4.79 Å². The molecule has 0 bridgehead atoms. The van der Waals surface area contributed by atoms with Crippen LogP contribution in [0.2, 0.25) is 0 Å². The molecule has 0 aromatic heterocycles.